The number of para-hydroxylation sites is 1. The third-order valence-corrected chi connectivity index (χ3v) is 3.99. The molecule has 134 valence electrons. The van der Waals surface area contributed by atoms with Crippen molar-refractivity contribution in [1.29, 1.82) is 0 Å². The second kappa shape index (κ2) is 7.32. The first-order valence-corrected chi connectivity index (χ1v) is 7.93. The molecule has 0 saturated carbocycles. The van der Waals surface area contributed by atoms with Gasteiger partial charge in [-0.3, -0.25) is 4.99 Å². The molecule has 1 saturated heterocycles. The molecule has 1 heterocycles. The Hall–Kier alpha value is -1.92. The number of nitrogens with one attached hydrogen (secondary N) is 1. The van der Waals surface area contributed by atoms with E-state index in [0.717, 1.165) is 25.5 Å². The molecule has 0 aromatic heterocycles. The molecule has 1 aromatic carbocycles. The van der Waals surface area contributed by atoms with Gasteiger partial charge >= 0.3 is 6.18 Å². The monoisotopic (exact) mass is 343 g/mol. The van der Waals surface area contributed by atoms with Crippen LogP contribution < -0.4 is 10.1 Å². The van der Waals surface area contributed by atoms with Gasteiger partial charge in [0.15, 0.2) is 12.6 Å². The van der Waals surface area contributed by atoms with E-state index in [9.17, 15) is 13.2 Å². The van der Waals surface area contributed by atoms with Crippen LogP contribution in [0, 0.1) is 5.41 Å². The van der Waals surface area contributed by atoms with E-state index >= 15 is 0 Å². The Morgan fingerprint density at radius 1 is 1.33 bits per heavy atom. The number of rotatable bonds is 4. The lowest BCUT2D eigenvalue weighted by Crippen LogP contribution is -2.40. The molecule has 24 heavy (non-hydrogen) atoms. The lowest BCUT2D eigenvalue weighted by Gasteiger charge is -2.24. The Morgan fingerprint density at radius 3 is 2.62 bits per heavy atom. The first kappa shape index (κ1) is 18.4. The van der Waals surface area contributed by atoms with Crippen LogP contribution in [0.3, 0.4) is 0 Å². The van der Waals surface area contributed by atoms with Gasteiger partial charge in [0.1, 0.15) is 5.75 Å². The fourth-order valence-corrected chi connectivity index (χ4v) is 2.75. The number of guanidine groups is 1. The van der Waals surface area contributed by atoms with Crippen LogP contribution in [-0.2, 0) is 6.54 Å². The summed E-state index contributed by atoms with van der Waals surface area (Å²) < 4.78 is 42.0. The average molecular weight is 343 g/mol. The predicted molar refractivity (Wildman–Crippen MR) is 88.2 cm³/mol. The molecule has 1 aliphatic heterocycles. The van der Waals surface area contributed by atoms with Gasteiger partial charge in [0, 0.05) is 32.2 Å². The predicted octanol–water partition coefficient (Wildman–Crippen LogP) is 3.44. The number of aliphatic imine (C=N–C) groups is 1. The van der Waals surface area contributed by atoms with E-state index in [1.807, 2.05) is 0 Å². The van der Waals surface area contributed by atoms with Gasteiger partial charge in [0.2, 0.25) is 0 Å². The Balaban J connectivity index is 1.98. The summed E-state index contributed by atoms with van der Waals surface area (Å²) in [6, 6.07) is 6.73. The molecule has 1 fully saturated rings. The van der Waals surface area contributed by atoms with E-state index in [2.05, 4.69) is 29.1 Å². The number of hydrogen-bond donors (Lipinski definition) is 1. The maximum absolute atomic E-state index is 12.4. The van der Waals surface area contributed by atoms with Gasteiger partial charge in [-0.1, -0.05) is 32.0 Å². The topological polar surface area (TPSA) is 36.9 Å². The normalized spacial score (nSPS) is 17.9. The van der Waals surface area contributed by atoms with Crippen LogP contribution in [0.25, 0.3) is 0 Å². The molecule has 0 unspecified atom stereocenters. The minimum atomic E-state index is -4.35. The first-order valence-electron chi connectivity index (χ1n) is 7.93. The molecule has 0 bridgehead atoms. The van der Waals surface area contributed by atoms with Crippen LogP contribution in [0.5, 0.6) is 5.75 Å². The fraction of sp³-hybridized carbons (Fsp3) is 0.588. The summed E-state index contributed by atoms with van der Waals surface area (Å²) in [6.07, 6.45) is -3.27. The van der Waals surface area contributed by atoms with Crippen molar-refractivity contribution in [2.45, 2.75) is 33.0 Å². The number of likely N-dealkylation sites (tertiary alicyclic amines) is 1. The minimum absolute atomic E-state index is 0.236. The van der Waals surface area contributed by atoms with Crippen LogP contribution in [0.1, 0.15) is 25.8 Å². The van der Waals surface area contributed by atoms with Crippen LogP contribution in [-0.4, -0.2) is 43.8 Å². The molecule has 0 aliphatic carbocycles. The van der Waals surface area contributed by atoms with Gasteiger partial charge < -0.3 is 15.0 Å². The highest BCUT2D eigenvalue weighted by Gasteiger charge is 2.31. The van der Waals surface area contributed by atoms with Gasteiger partial charge in [-0.15, -0.1) is 0 Å². The maximum atomic E-state index is 12.4. The summed E-state index contributed by atoms with van der Waals surface area (Å²) in [5.74, 6) is 0.991. The zero-order valence-corrected chi connectivity index (χ0v) is 14.3. The van der Waals surface area contributed by atoms with Crippen molar-refractivity contribution in [2.24, 2.45) is 10.4 Å². The van der Waals surface area contributed by atoms with Gasteiger partial charge in [0.25, 0.3) is 0 Å². The molecule has 0 spiro atoms. The number of halogens is 3. The van der Waals surface area contributed by atoms with E-state index in [1.54, 1.807) is 31.3 Å². The standard InChI is InChI=1S/C17H24F3N3O/c1-16(2)8-9-23(11-16)15(21-3)22-10-13-6-4-5-7-14(13)24-12-17(18,19)20/h4-7H,8-12H2,1-3H3,(H,21,22). The van der Waals surface area contributed by atoms with Crippen molar-refractivity contribution >= 4 is 5.96 Å². The van der Waals surface area contributed by atoms with Crippen molar-refractivity contribution in [1.82, 2.24) is 10.2 Å². The van der Waals surface area contributed by atoms with Crippen molar-refractivity contribution < 1.29 is 17.9 Å². The van der Waals surface area contributed by atoms with Crippen LogP contribution in [0.4, 0.5) is 13.2 Å². The number of benzene rings is 1. The van der Waals surface area contributed by atoms with Crippen molar-refractivity contribution in [2.75, 3.05) is 26.7 Å². The summed E-state index contributed by atoms with van der Waals surface area (Å²) in [5, 5.41) is 3.22. The van der Waals surface area contributed by atoms with Crippen LogP contribution >= 0.6 is 0 Å². The SMILES string of the molecule is CN=C(NCc1ccccc1OCC(F)(F)F)N1CCC(C)(C)C1. The van der Waals surface area contributed by atoms with E-state index in [1.165, 1.54) is 0 Å². The number of nitrogens with zero attached hydrogens (tertiary/aromatic N) is 2. The number of hydrogen-bond acceptors (Lipinski definition) is 2. The molecule has 0 amide bonds. The second-order valence-electron chi connectivity index (χ2n) is 6.75. The Bertz CT molecular complexity index is 585. The smallest absolute Gasteiger partial charge is 0.422 e. The zero-order valence-electron chi connectivity index (χ0n) is 14.3. The minimum Gasteiger partial charge on any atom is -0.484 e. The summed E-state index contributed by atoms with van der Waals surface area (Å²) in [5.41, 5.74) is 0.909. The van der Waals surface area contributed by atoms with Gasteiger partial charge in [-0.25, -0.2) is 0 Å². The molecule has 7 heteroatoms. The highest BCUT2D eigenvalue weighted by molar-refractivity contribution is 5.80. The molecular weight excluding hydrogens is 319 g/mol. The number of ether oxygens (including phenoxy) is 1. The van der Waals surface area contributed by atoms with Crippen molar-refractivity contribution in [3.8, 4) is 5.75 Å². The summed E-state index contributed by atoms with van der Waals surface area (Å²) in [4.78, 5) is 6.44. The van der Waals surface area contributed by atoms with Gasteiger partial charge in [-0.2, -0.15) is 13.2 Å². The Labute approximate surface area is 140 Å². The van der Waals surface area contributed by atoms with E-state index in [4.69, 9.17) is 4.74 Å². The molecule has 0 radical (unpaired) electrons. The van der Waals surface area contributed by atoms with Crippen molar-refractivity contribution in [3.05, 3.63) is 29.8 Å². The largest absolute Gasteiger partial charge is 0.484 e. The summed E-state index contributed by atoms with van der Waals surface area (Å²) in [6.45, 7) is 5.30. The summed E-state index contributed by atoms with van der Waals surface area (Å²) in [7, 11) is 1.71. The third kappa shape index (κ3) is 5.32. The summed E-state index contributed by atoms with van der Waals surface area (Å²) >= 11 is 0. The van der Waals surface area contributed by atoms with Crippen LogP contribution in [0.2, 0.25) is 0 Å². The number of alkyl halides is 3. The molecule has 1 aromatic rings. The molecular formula is C17H24F3N3O. The molecule has 0 atom stereocenters. The van der Waals surface area contributed by atoms with Crippen LogP contribution in [0.15, 0.2) is 29.3 Å². The lowest BCUT2D eigenvalue weighted by atomic mass is 9.93. The maximum Gasteiger partial charge on any atom is 0.422 e. The highest BCUT2D eigenvalue weighted by atomic mass is 19.4. The second-order valence-corrected chi connectivity index (χ2v) is 6.75. The average Bonchev–Trinajstić information content (AvgIpc) is 2.86. The molecule has 1 N–H and O–H groups in total. The quantitative estimate of drug-likeness (QED) is 0.672. The third-order valence-electron chi connectivity index (χ3n) is 3.99. The Kier molecular flexibility index (Phi) is 5.62. The molecule has 4 nitrogen and oxygen atoms in total. The van der Waals surface area contributed by atoms with E-state index < -0.39 is 12.8 Å². The lowest BCUT2D eigenvalue weighted by molar-refractivity contribution is -0.153. The Morgan fingerprint density at radius 2 is 2.04 bits per heavy atom. The van der Waals surface area contributed by atoms with Gasteiger partial charge in [0.05, 0.1) is 0 Å². The van der Waals surface area contributed by atoms with Crippen molar-refractivity contribution in [3.63, 3.8) is 0 Å². The molecule has 1 aliphatic rings. The first-order chi connectivity index (χ1) is 11.2. The molecule has 2 rings (SSSR count). The highest BCUT2D eigenvalue weighted by Crippen LogP contribution is 2.29. The van der Waals surface area contributed by atoms with Gasteiger partial charge in [-0.05, 0) is 17.9 Å². The fourth-order valence-electron chi connectivity index (χ4n) is 2.75. The zero-order chi connectivity index (χ0) is 17.8. The van der Waals surface area contributed by atoms with E-state index in [-0.39, 0.29) is 11.2 Å². The van der Waals surface area contributed by atoms with E-state index in [0.29, 0.717) is 12.1 Å².